The largest absolute Gasteiger partial charge is 0.393 e. The fourth-order valence-corrected chi connectivity index (χ4v) is 2.85. The minimum absolute atomic E-state index is 0.130. The number of urea groups is 1. The zero-order valence-electron chi connectivity index (χ0n) is 13.2. The normalized spacial score (nSPS) is 20.9. The fourth-order valence-electron chi connectivity index (χ4n) is 2.85. The molecule has 0 bridgehead atoms. The summed E-state index contributed by atoms with van der Waals surface area (Å²) in [6, 6.07) is 7.52. The summed E-state index contributed by atoms with van der Waals surface area (Å²) in [4.78, 5) is 11.8. The Kier molecular flexibility index (Phi) is 6.07. The SMILES string of the molecule is N#CC1CCC(CNC(=O)Nc2ccc(CC(F)(F)F)cc2)CC1. The van der Waals surface area contributed by atoms with Crippen molar-refractivity contribution < 1.29 is 18.0 Å². The highest BCUT2D eigenvalue weighted by Gasteiger charge is 2.27. The van der Waals surface area contributed by atoms with Crippen LogP contribution in [0.4, 0.5) is 23.7 Å². The number of benzene rings is 1. The summed E-state index contributed by atoms with van der Waals surface area (Å²) in [6.07, 6.45) is -1.65. The quantitative estimate of drug-likeness (QED) is 0.861. The molecule has 24 heavy (non-hydrogen) atoms. The Labute approximate surface area is 139 Å². The summed E-state index contributed by atoms with van der Waals surface area (Å²) in [5, 5.41) is 14.2. The third kappa shape index (κ3) is 6.11. The number of hydrogen-bond donors (Lipinski definition) is 2. The van der Waals surface area contributed by atoms with Gasteiger partial charge in [-0.3, -0.25) is 0 Å². The molecule has 2 N–H and O–H groups in total. The molecule has 4 nitrogen and oxygen atoms in total. The number of nitrogens with zero attached hydrogens (tertiary/aromatic N) is 1. The van der Waals surface area contributed by atoms with Crippen molar-refractivity contribution in [3.05, 3.63) is 29.8 Å². The van der Waals surface area contributed by atoms with Crippen molar-refractivity contribution in [1.29, 1.82) is 5.26 Å². The van der Waals surface area contributed by atoms with Crippen LogP contribution in [-0.2, 0) is 6.42 Å². The van der Waals surface area contributed by atoms with Crippen molar-refractivity contribution in [2.75, 3.05) is 11.9 Å². The van der Waals surface area contributed by atoms with Crippen LogP contribution in [0.25, 0.3) is 0 Å². The second-order valence-electron chi connectivity index (χ2n) is 6.17. The van der Waals surface area contributed by atoms with Crippen LogP contribution in [0.2, 0.25) is 0 Å². The highest BCUT2D eigenvalue weighted by molar-refractivity contribution is 5.89. The van der Waals surface area contributed by atoms with Gasteiger partial charge in [-0.25, -0.2) is 4.79 Å². The number of anilines is 1. The number of alkyl halides is 3. The molecule has 1 saturated carbocycles. The van der Waals surface area contributed by atoms with E-state index in [4.69, 9.17) is 5.26 Å². The monoisotopic (exact) mass is 339 g/mol. The van der Waals surface area contributed by atoms with E-state index in [0.29, 0.717) is 18.2 Å². The van der Waals surface area contributed by atoms with E-state index in [2.05, 4.69) is 16.7 Å². The van der Waals surface area contributed by atoms with Gasteiger partial charge >= 0.3 is 12.2 Å². The molecular weight excluding hydrogens is 319 g/mol. The molecule has 1 aliphatic carbocycles. The summed E-state index contributed by atoms with van der Waals surface area (Å²) in [5.74, 6) is 0.500. The van der Waals surface area contributed by atoms with Gasteiger partial charge in [-0.15, -0.1) is 0 Å². The summed E-state index contributed by atoms with van der Waals surface area (Å²) >= 11 is 0. The van der Waals surface area contributed by atoms with E-state index in [1.165, 1.54) is 24.3 Å². The molecule has 1 aliphatic rings. The summed E-state index contributed by atoms with van der Waals surface area (Å²) < 4.78 is 36.8. The van der Waals surface area contributed by atoms with Crippen LogP contribution >= 0.6 is 0 Å². The molecule has 1 aromatic carbocycles. The minimum atomic E-state index is -4.24. The molecule has 0 saturated heterocycles. The molecule has 1 aromatic rings. The van der Waals surface area contributed by atoms with E-state index in [1.54, 1.807) is 0 Å². The van der Waals surface area contributed by atoms with Crippen LogP contribution in [0.15, 0.2) is 24.3 Å². The number of halogens is 3. The van der Waals surface area contributed by atoms with Gasteiger partial charge in [0.15, 0.2) is 0 Å². The first kappa shape index (κ1) is 18.1. The predicted molar refractivity (Wildman–Crippen MR) is 84.3 cm³/mol. The third-order valence-corrected chi connectivity index (χ3v) is 4.20. The summed E-state index contributed by atoms with van der Waals surface area (Å²) in [6.45, 7) is 0.538. The Balaban J connectivity index is 1.73. The highest BCUT2D eigenvalue weighted by Crippen LogP contribution is 2.27. The molecule has 2 amide bonds. The molecule has 0 radical (unpaired) electrons. The standard InChI is InChI=1S/C17H20F3N3O/c18-17(19,20)9-12-5-7-15(8-6-12)23-16(24)22-11-14-3-1-13(10-21)2-4-14/h5-8,13-14H,1-4,9,11H2,(H2,22,23,24). The Bertz CT molecular complexity index is 585. The maximum absolute atomic E-state index is 12.3. The molecular formula is C17H20F3N3O. The Morgan fingerprint density at radius 3 is 2.33 bits per heavy atom. The Hall–Kier alpha value is -2.23. The van der Waals surface area contributed by atoms with E-state index in [-0.39, 0.29) is 17.5 Å². The number of amides is 2. The third-order valence-electron chi connectivity index (χ3n) is 4.20. The van der Waals surface area contributed by atoms with Gasteiger partial charge < -0.3 is 10.6 Å². The molecule has 130 valence electrons. The van der Waals surface area contributed by atoms with Crippen molar-refractivity contribution in [2.45, 2.75) is 38.3 Å². The molecule has 1 fully saturated rings. The predicted octanol–water partition coefficient (Wildman–Crippen LogP) is 4.24. The smallest absolute Gasteiger partial charge is 0.338 e. The van der Waals surface area contributed by atoms with Crippen molar-refractivity contribution in [3.8, 4) is 6.07 Å². The zero-order chi connectivity index (χ0) is 17.6. The lowest BCUT2D eigenvalue weighted by atomic mass is 9.83. The zero-order valence-corrected chi connectivity index (χ0v) is 13.2. The fraction of sp³-hybridized carbons (Fsp3) is 0.529. The molecule has 0 atom stereocenters. The van der Waals surface area contributed by atoms with Gasteiger partial charge in [-0.2, -0.15) is 18.4 Å². The number of hydrogen-bond acceptors (Lipinski definition) is 2. The van der Waals surface area contributed by atoms with Crippen molar-refractivity contribution in [1.82, 2.24) is 5.32 Å². The first-order chi connectivity index (χ1) is 11.4. The van der Waals surface area contributed by atoms with Crippen molar-refractivity contribution >= 4 is 11.7 Å². The lowest BCUT2D eigenvalue weighted by molar-refractivity contribution is -0.127. The lowest BCUT2D eigenvalue weighted by Gasteiger charge is -2.24. The van der Waals surface area contributed by atoms with E-state index >= 15 is 0 Å². The number of carbonyl (C=O) groups excluding carboxylic acids is 1. The Morgan fingerprint density at radius 1 is 1.17 bits per heavy atom. The van der Waals surface area contributed by atoms with Gasteiger partial charge in [0.1, 0.15) is 0 Å². The van der Waals surface area contributed by atoms with Crippen LogP contribution in [0.3, 0.4) is 0 Å². The number of nitrogens with one attached hydrogen (secondary N) is 2. The average Bonchev–Trinajstić information content (AvgIpc) is 2.54. The van der Waals surface area contributed by atoms with Gasteiger partial charge in [-0.1, -0.05) is 12.1 Å². The number of carbonyl (C=O) groups is 1. The first-order valence-corrected chi connectivity index (χ1v) is 7.96. The van der Waals surface area contributed by atoms with Crippen LogP contribution < -0.4 is 10.6 Å². The van der Waals surface area contributed by atoms with E-state index in [0.717, 1.165) is 25.7 Å². The van der Waals surface area contributed by atoms with Crippen LogP contribution in [0.5, 0.6) is 0 Å². The summed E-state index contributed by atoms with van der Waals surface area (Å²) in [5.41, 5.74) is 0.606. The van der Waals surface area contributed by atoms with Crippen LogP contribution in [0, 0.1) is 23.2 Å². The van der Waals surface area contributed by atoms with E-state index in [1.807, 2.05) is 0 Å². The lowest BCUT2D eigenvalue weighted by Crippen LogP contribution is -2.34. The second-order valence-corrected chi connectivity index (χ2v) is 6.17. The topological polar surface area (TPSA) is 64.9 Å². The molecule has 7 heteroatoms. The van der Waals surface area contributed by atoms with Gasteiger partial charge in [0.05, 0.1) is 12.5 Å². The Morgan fingerprint density at radius 2 is 1.79 bits per heavy atom. The van der Waals surface area contributed by atoms with Crippen LogP contribution in [-0.4, -0.2) is 18.8 Å². The average molecular weight is 339 g/mol. The van der Waals surface area contributed by atoms with Crippen LogP contribution in [0.1, 0.15) is 31.2 Å². The molecule has 0 aromatic heterocycles. The molecule has 0 spiro atoms. The molecule has 0 aliphatic heterocycles. The number of rotatable bonds is 4. The van der Waals surface area contributed by atoms with E-state index < -0.39 is 12.6 Å². The minimum Gasteiger partial charge on any atom is -0.338 e. The van der Waals surface area contributed by atoms with Gasteiger partial charge in [0, 0.05) is 18.2 Å². The first-order valence-electron chi connectivity index (χ1n) is 7.96. The van der Waals surface area contributed by atoms with Crippen molar-refractivity contribution in [3.63, 3.8) is 0 Å². The highest BCUT2D eigenvalue weighted by atomic mass is 19.4. The van der Waals surface area contributed by atoms with Gasteiger partial charge in [-0.05, 0) is 49.3 Å². The maximum Gasteiger partial charge on any atom is 0.393 e. The van der Waals surface area contributed by atoms with Gasteiger partial charge in [0.25, 0.3) is 0 Å². The van der Waals surface area contributed by atoms with E-state index in [9.17, 15) is 18.0 Å². The van der Waals surface area contributed by atoms with Crippen molar-refractivity contribution in [2.24, 2.45) is 11.8 Å². The second kappa shape index (κ2) is 8.04. The summed E-state index contributed by atoms with van der Waals surface area (Å²) in [7, 11) is 0. The number of nitriles is 1. The molecule has 0 heterocycles. The van der Waals surface area contributed by atoms with Gasteiger partial charge in [0.2, 0.25) is 0 Å². The maximum atomic E-state index is 12.3. The molecule has 0 unspecified atom stereocenters. The molecule has 2 rings (SSSR count).